The van der Waals surface area contributed by atoms with Crippen molar-refractivity contribution in [3.8, 4) is 5.75 Å². The molecule has 3 aromatic rings. The second kappa shape index (κ2) is 5.61. The molecule has 108 valence electrons. The Morgan fingerprint density at radius 3 is 2.86 bits per heavy atom. The highest BCUT2D eigenvalue weighted by molar-refractivity contribution is 7.98. The number of aryl methyl sites for hydroxylation is 1. The summed E-state index contributed by atoms with van der Waals surface area (Å²) in [4.78, 5) is 16.3. The van der Waals surface area contributed by atoms with Crippen LogP contribution in [-0.4, -0.2) is 27.0 Å². The zero-order chi connectivity index (χ0) is 14.8. The Balaban J connectivity index is 1.78. The molecule has 1 aromatic carbocycles. The Hall–Kier alpha value is -2.28. The molecule has 6 nitrogen and oxygen atoms in total. The zero-order valence-electron chi connectivity index (χ0n) is 11.8. The van der Waals surface area contributed by atoms with Crippen LogP contribution in [-0.2, 0) is 5.75 Å². The van der Waals surface area contributed by atoms with E-state index in [-0.39, 0.29) is 0 Å². The highest BCUT2D eigenvalue weighted by atomic mass is 32.2. The molecular weight excluding hydrogens is 286 g/mol. The van der Waals surface area contributed by atoms with E-state index >= 15 is 0 Å². The van der Waals surface area contributed by atoms with Crippen LogP contribution in [0, 0.1) is 6.92 Å². The van der Waals surface area contributed by atoms with Crippen LogP contribution in [0.5, 0.6) is 5.75 Å². The van der Waals surface area contributed by atoms with Crippen molar-refractivity contribution >= 4 is 28.6 Å². The maximum Gasteiger partial charge on any atom is 0.166 e. The highest BCUT2D eigenvalue weighted by Gasteiger charge is 2.07. The molecule has 0 aliphatic carbocycles. The molecular formula is C14H15N5OS. The van der Waals surface area contributed by atoms with Crippen LogP contribution in [0.1, 0.15) is 11.5 Å². The van der Waals surface area contributed by atoms with Crippen molar-refractivity contribution in [2.24, 2.45) is 0 Å². The molecule has 0 saturated heterocycles. The molecule has 0 spiro atoms. The van der Waals surface area contributed by atoms with Gasteiger partial charge in [-0.15, -0.1) is 0 Å². The number of hydrogen-bond donors (Lipinski definition) is 2. The average Bonchev–Trinajstić information content (AvgIpc) is 2.85. The number of nitrogens with two attached hydrogens (primary N) is 1. The third-order valence-corrected chi connectivity index (χ3v) is 3.79. The van der Waals surface area contributed by atoms with E-state index in [0.717, 1.165) is 27.6 Å². The Bertz CT molecular complexity index is 766. The van der Waals surface area contributed by atoms with Gasteiger partial charge in [-0.1, -0.05) is 11.8 Å². The first-order chi connectivity index (χ1) is 10.1. The number of rotatable bonds is 4. The molecule has 3 N–H and O–H groups in total. The Morgan fingerprint density at radius 1 is 1.24 bits per heavy atom. The number of nitrogens with one attached hydrogen (secondary N) is 1. The number of benzene rings is 1. The Kier molecular flexibility index (Phi) is 3.66. The van der Waals surface area contributed by atoms with Gasteiger partial charge in [0.1, 0.15) is 17.4 Å². The first-order valence-corrected chi connectivity index (χ1v) is 7.39. The predicted octanol–water partition coefficient (Wildman–Crippen LogP) is 2.54. The van der Waals surface area contributed by atoms with Gasteiger partial charge in [-0.05, 0) is 19.1 Å². The topological polar surface area (TPSA) is 89.7 Å². The van der Waals surface area contributed by atoms with Gasteiger partial charge in [0, 0.05) is 17.8 Å². The lowest BCUT2D eigenvalue weighted by molar-refractivity contribution is 0.415. The van der Waals surface area contributed by atoms with Crippen LogP contribution in [0.15, 0.2) is 29.4 Å². The number of hydrogen-bond acceptors (Lipinski definition) is 6. The summed E-state index contributed by atoms with van der Waals surface area (Å²) in [5.41, 5.74) is 8.44. The molecule has 0 aliphatic heterocycles. The van der Waals surface area contributed by atoms with E-state index in [0.29, 0.717) is 17.4 Å². The van der Waals surface area contributed by atoms with Gasteiger partial charge < -0.3 is 15.5 Å². The lowest BCUT2D eigenvalue weighted by Gasteiger charge is -2.01. The molecule has 0 unspecified atom stereocenters. The average molecular weight is 301 g/mol. The number of anilines is 1. The number of aromatic nitrogens is 4. The zero-order valence-corrected chi connectivity index (χ0v) is 12.6. The van der Waals surface area contributed by atoms with Gasteiger partial charge >= 0.3 is 0 Å². The fraction of sp³-hybridized carbons (Fsp3) is 0.214. The van der Waals surface area contributed by atoms with Crippen molar-refractivity contribution in [1.82, 2.24) is 19.9 Å². The normalized spacial score (nSPS) is 11.0. The molecule has 0 amide bonds. The van der Waals surface area contributed by atoms with Crippen LogP contribution in [0.2, 0.25) is 0 Å². The second-order valence-corrected chi connectivity index (χ2v) is 5.53. The summed E-state index contributed by atoms with van der Waals surface area (Å²) >= 11 is 1.54. The van der Waals surface area contributed by atoms with Crippen LogP contribution in [0.3, 0.4) is 0 Å². The van der Waals surface area contributed by atoms with Gasteiger partial charge in [0.05, 0.1) is 23.9 Å². The van der Waals surface area contributed by atoms with E-state index < -0.39 is 0 Å². The quantitative estimate of drug-likeness (QED) is 0.720. The summed E-state index contributed by atoms with van der Waals surface area (Å²) in [6, 6.07) is 7.49. The maximum atomic E-state index is 5.72. The van der Waals surface area contributed by atoms with E-state index in [1.54, 1.807) is 24.9 Å². The van der Waals surface area contributed by atoms with Crippen molar-refractivity contribution in [3.63, 3.8) is 0 Å². The van der Waals surface area contributed by atoms with Gasteiger partial charge in [-0.3, -0.25) is 0 Å². The lowest BCUT2D eigenvalue weighted by atomic mass is 10.3. The molecule has 0 fully saturated rings. The van der Waals surface area contributed by atoms with E-state index in [1.807, 2.05) is 25.1 Å². The second-order valence-electron chi connectivity index (χ2n) is 4.56. The summed E-state index contributed by atoms with van der Waals surface area (Å²) in [5, 5.41) is 0.821. The third-order valence-electron chi connectivity index (χ3n) is 2.93. The van der Waals surface area contributed by atoms with Gasteiger partial charge in [0.25, 0.3) is 0 Å². The van der Waals surface area contributed by atoms with E-state index in [2.05, 4.69) is 19.9 Å². The van der Waals surface area contributed by atoms with Gasteiger partial charge in [0.2, 0.25) is 0 Å². The summed E-state index contributed by atoms with van der Waals surface area (Å²) in [5.74, 6) is 2.61. The molecule has 0 aliphatic rings. The van der Waals surface area contributed by atoms with Crippen LogP contribution in [0.4, 0.5) is 5.82 Å². The molecule has 7 heteroatoms. The van der Waals surface area contributed by atoms with Gasteiger partial charge in [0.15, 0.2) is 5.16 Å². The first kappa shape index (κ1) is 13.7. The van der Waals surface area contributed by atoms with Gasteiger partial charge in [-0.2, -0.15) is 0 Å². The molecule has 2 heterocycles. The van der Waals surface area contributed by atoms with Crippen molar-refractivity contribution in [2.45, 2.75) is 17.8 Å². The molecule has 2 aromatic heterocycles. The maximum absolute atomic E-state index is 5.72. The number of thioether (sulfide) groups is 1. The Morgan fingerprint density at radius 2 is 2.10 bits per heavy atom. The fourth-order valence-electron chi connectivity index (χ4n) is 2.01. The number of aromatic amines is 1. The smallest absolute Gasteiger partial charge is 0.166 e. The first-order valence-electron chi connectivity index (χ1n) is 6.40. The Labute approximate surface area is 126 Å². The van der Waals surface area contributed by atoms with Crippen LogP contribution in [0.25, 0.3) is 11.0 Å². The van der Waals surface area contributed by atoms with Crippen molar-refractivity contribution in [3.05, 3.63) is 35.8 Å². The van der Waals surface area contributed by atoms with Crippen molar-refractivity contribution in [1.29, 1.82) is 0 Å². The standard InChI is InChI=1S/C14H15N5OS/c1-8-5-12(15)19-13(16-8)7-21-14-17-10-4-3-9(20-2)6-11(10)18-14/h3-6H,7H2,1-2H3,(H,17,18)(H2,15,16,19). The molecule has 0 radical (unpaired) electrons. The fourth-order valence-corrected chi connectivity index (χ4v) is 2.75. The summed E-state index contributed by atoms with van der Waals surface area (Å²) in [7, 11) is 1.65. The largest absolute Gasteiger partial charge is 0.497 e. The molecule has 0 saturated carbocycles. The minimum Gasteiger partial charge on any atom is -0.497 e. The number of H-pyrrole nitrogens is 1. The third kappa shape index (κ3) is 3.08. The van der Waals surface area contributed by atoms with Crippen molar-refractivity contribution in [2.75, 3.05) is 12.8 Å². The minimum absolute atomic E-state index is 0.493. The monoisotopic (exact) mass is 301 g/mol. The molecule has 0 atom stereocenters. The van der Waals surface area contributed by atoms with E-state index in [9.17, 15) is 0 Å². The summed E-state index contributed by atoms with van der Waals surface area (Å²) in [6.07, 6.45) is 0. The number of ether oxygens (including phenoxy) is 1. The number of nitrogen functional groups attached to an aromatic ring is 1. The molecule has 3 rings (SSSR count). The predicted molar refractivity (Wildman–Crippen MR) is 83.4 cm³/mol. The summed E-state index contributed by atoms with van der Waals surface area (Å²) in [6.45, 7) is 1.90. The number of imidazole rings is 1. The van der Waals surface area contributed by atoms with Gasteiger partial charge in [-0.25, -0.2) is 15.0 Å². The van der Waals surface area contributed by atoms with E-state index in [1.165, 1.54) is 0 Å². The SMILES string of the molecule is COc1ccc2nc(SCc3nc(C)cc(N)n3)[nH]c2c1. The minimum atomic E-state index is 0.493. The van der Waals surface area contributed by atoms with Crippen LogP contribution >= 0.6 is 11.8 Å². The highest BCUT2D eigenvalue weighted by Crippen LogP contribution is 2.24. The number of fused-ring (bicyclic) bond motifs is 1. The number of nitrogens with zero attached hydrogens (tertiary/aromatic N) is 3. The van der Waals surface area contributed by atoms with E-state index in [4.69, 9.17) is 10.5 Å². The number of methoxy groups -OCH3 is 1. The molecule has 21 heavy (non-hydrogen) atoms. The lowest BCUT2D eigenvalue weighted by Crippen LogP contribution is -1.99. The summed E-state index contributed by atoms with van der Waals surface area (Å²) < 4.78 is 5.20. The van der Waals surface area contributed by atoms with Crippen molar-refractivity contribution < 1.29 is 4.74 Å². The molecule has 0 bridgehead atoms. The van der Waals surface area contributed by atoms with Crippen LogP contribution < -0.4 is 10.5 Å².